The third kappa shape index (κ3) is 4.06. The predicted octanol–water partition coefficient (Wildman–Crippen LogP) is 1.98. The Labute approximate surface area is 114 Å². The number of aliphatic carboxylic acids is 1. The fourth-order valence-corrected chi connectivity index (χ4v) is 2.74. The summed E-state index contributed by atoms with van der Waals surface area (Å²) in [7, 11) is 0. The van der Waals surface area contributed by atoms with E-state index in [2.05, 4.69) is 21.4 Å². The Hall–Kier alpha value is -1.36. The SMILES string of the molecule is CCn1ccnc1CN1CCC(CCC(=O)O)CC1. The van der Waals surface area contributed by atoms with Crippen LogP contribution in [0.15, 0.2) is 12.4 Å². The monoisotopic (exact) mass is 265 g/mol. The Morgan fingerprint density at radius 2 is 2.21 bits per heavy atom. The van der Waals surface area contributed by atoms with Crippen LogP contribution in [0.5, 0.6) is 0 Å². The first kappa shape index (κ1) is 14.1. The summed E-state index contributed by atoms with van der Waals surface area (Å²) in [5, 5.41) is 8.70. The highest BCUT2D eigenvalue weighted by molar-refractivity contribution is 5.66. The molecule has 5 heteroatoms. The molecule has 2 rings (SSSR count). The van der Waals surface area contributed by atoms with Crippen molar-refractivity contribution >= 4 is 5.97 Å². The minimum absolute atomic E-state index is 0.310. The topological polar surface area (TPSA) is 58.4 Å². The number of aromatic nitrogens is 2. The summed E-state index contributed by atoms with van der Waals surface area (Å²) < 4.78 is 2.18. The maximum Gasteiger partial charge on any atom is 0.303 e. The van der Waals surface area contributed by atoms with Crippen molar-refractivity contribution in [3.8, 4) is 0 Å². The Balaban J connectivity index is 1.76. The molecule has 1 fully saturated rings. The Bertz CT molecular complexity index is 409. The van der Waals surface area contributed by atoms with Gasteiger partial charge in [-0.15, -0.1) is 0 Å². The number of hydrogen-bond donors (Lipinski definition) is 1. The van der Waals surface area contributed by atoms with Crippen LogP contribution in [0.3, 0.4) is 0 Å². The van der Waals surface area contributed by atoms with Crippen LogP contribution in [-0.4, -0.2) is 38.6 Å². The van der Waals surface area contributed by atoms with E-state index in [4.69, 9.17) is 5.11 Å². The highest BCUT2D eigenvalue weighted by atomic mass is 16.4. The molecule has 2 heterocycles. The first-order valence-corrected chi connectivity index (χ1v) is 7.13. The summed E-state index contributed by atoms with van der Waals surface area (Å²) in [6.07, 6.45) is 7.24. The normalized spacial score (nSPS) is 17.7. The lowest BCUT2D eigenvalue weighted by molar-refractivity contribution is -0.137. The molecule has 0 spiro atoms. The number of aryl methyl sites for hydroxylation is 1. The molecular weight excluding hydrogens is 242 g/mol. The summed E-state index contributed by atoms with van der Waals surface area (Å²) in [5.74, 6) is 1.04. The molecule has 0 atom stereocenters. The van der Waals surface area contributed by atoms with E-state index in [1.165, 1.54) is 0 Å². The Kier molecular flexibility index (Phi) is 4.96. The van der Waals surface area contributed by atoms with Gasteiger partial charge >= 0.3 is 5.97 Å². The average molecular weight is 265 g/mol. The molecule has 0 unspecified atom stereocenters. The molecule has 1 aromatic rings. The number of carboxylic acid groups (broad SMARTS) is 1. The lowest BCUT2D eigenvalue weighted by atomic mass is 9.92. The second-order valence-electron chi connectivity index (χ2n) is 5.28. The third-order valence-corrected chi connectivity index (χ3v) is 3.98. The second kappa shape index (κ2) is 6.70. The predicted molar refractivity (Wildman–Crippen MR) is 72.8 cm³/mol. The van der Waals surface area contributed by atoms with E-state index in [0.29, 0.717) is 12.3 Å². The quantitative estimate of drug-likeness (QED) is 0.854. The van der Waals surface area contributed by atoms with Crippen LogP contribution < -0.4 is 0 Å². The van der Waals surface area contributed by atoms with Gasteiger partial charge in [-0.1, -0.05) is 0 Å². The van der Waals surface area contributed by atoms with Crippen molar-refractivity contribution in [1.29, 1.82) is 0 Å². The molecule has 0 bridgehead atoms. The number of hydrogen-bond acceptors (Lipinski definition) is 3. The van der Waals surface area contributed by atoms with Crippen LogP contribution in [-0.2, 0) is 17.9 Å². The van der Waals surface area contributed by atoms with E-state index in [1.54, 1.807) is 0 Å². The summed E-state index contributed by atoms with van der Waals surface area (Å²) in [6.45, 7) is 6.11. The largest absolute Gasteiger partial charge is 0.481 e. The summed E-state index contributed by atoms with van der Waals surface area (Å²) in [6, 6.07) is 0. The number of rotatable bonds is 6. The molecule has 0 aliphatic carbocycles. The minimum Gasteiger partial charge on any atom is -0.481 e. The fraction of sp³-hybridized carbons (Fsp3) is 0.714. The van der Waals surface area contributed by atoms with Crippen LogP contribution in [0.2, 0.25) is 0 Å². The summed E-state index contributed by atoms with van der Waals surface area (Å²) in [4.78, 5) is 17.4. The highest BCUT2D eigenvalue weighted by Crippen LogP contribution is 2.22. The van der Waals surface area contributed by atoms with Crippen molar-refractivity contribution < 1.29 is 9.90 Å². The van der Waals surface area contributed by atoms with Crippen molar-refractivity contribution in [1.82, 2.24) is 14.5 Å². The van der Waals surface area contributed by atoms with Gasteiger partial charge in [0.2, 0.25) is 0 Å². The molecule has 0 amide bonds. The molecule has 19 heavy (non-hydrogen) atoms. The van der Waals surface area contributed by atoms with Gasteiger partial charge in [-0.25, -0.2) is 4.98 Å². The molecule has 0 radical (unpaired) electrons. The number of carbonyl (C=O) groups is 1. The summed E-state index contributed by atoms with van der Waals surface area (Å²) >= 11 is 0. The molecule has 1 aliphatic heterocycles. The molecule has 1 aromatic heterocycles. The van der Waals surface area contributed by atoms with Gasteiger partial charge in [0.05, 0.1) is 6.54 Å². The molecule has 1 N–H and O–H groups in total. The van der Waals surface area contributed by atoms with Gasteiger partial charge in [0.15, 0.2) is 0 Å². The van der Waals surface area contributed by atoms with Crippen LogP contribution in [0, 0.1) is 5.92 Å². The highest BCUT2D eigenvalue weighted by Gasteiger charge is 2.20. The van der Waals surface area contributed by atoms with Crippen molar-refractivity contribution in [2.24, 2.45) is 5.92 Å². The van der Waals surface area contributed by atoms with Gasteiger partial charge in [0, 0.05) is 25.4 Å². The van der Waals surface area contributed by atoms with Gasteiger partial charge in [-0.05, 0) is 45.2 Å². The standard InChI is InChI=1S/C14H23N3O2/c1-2-17-10-7-15-13(17)11-16-8-5-12(6-9-16)3-4-14(18)19/h7,10,12H,2-6,8-9,11H2,1H3,(H,18,19). The van der Waals surface area contributed by atoms with Crippen LogP contribution in [0.25, 0.3) is 0 Å². The zero-order valence-corrected chi connectivity index (χ0v) is 11.6. The molecule has 1 aliphatic rings. The van der Waals surface area contributed by atoms with Gasteiger partial charge in [0.25, 0.3) is 0 Å². The smallest absolute Gasteiger partial charge is 0.303 e. The van der Waals surface area contributed by atoms with Crippen LogP contribution in [0.1, 0.15) is 38.4 Å². The maximum atomic E-state index is 10.6. The van der Waals surface area contributed by atoms with Gasteiger partial charge in [-0.2, -0.15) is 0 Å². The number of piperidine rings is 1. The number of imidazole rings is 1. The third-order valence-electron chi connectivity index (χ3n) is 3.98. The maximum absolute atomic E-state index is 10.6. The fourth-order valence-electron chi connectivity index (χ4n) is 2.74. The molecule has 0 saturated carbocycles. The zero-order valence-electron chi connectivity index (χ0n) is 11.6. The number of likely N-dealkylation sites (tertiary alicyclic amines) is 1. The molecule has 106 valence electrons. The molecule has 5 nitrogen and oxygen atoms in total. The lowest BCUT2D eigenvalue weighted by Gasteiger charge is -2.31. The molecule has 0 aromatic carbocycles. The van der Waals surface area contributed by atoms with Gasteiger partial charge in [0.1, 0.15) is 5.82 Å². The first-order valence-electron chi connectivity index (χ1n) is 7.13. The van der Waals surface area contributed by atoms with E-state index < -0.39 is 5.97 Å². The Morgan fingerprint density at radius 3 is 2.84 bits per heavy atom. The summed E-state index contributed by atoms with van der Waals surface area (Å²) in [5.41, 5.74) is 0. The van der Waals surface area contributed by atoms with E-state index in [-0.39, 0.29) is 0 Å². The van der Waals surface area contributed by atoms with Crippen LogP contribution >= 0.6 is 0 Å². The first-order chi connectivity index (χ1) is 9.19. The van der Waals surface area contributed by atoms with Crippen molar-refractivity contribution in [3.63, 3.8) is 0 Å². The van der Waals surface area contributed by atoms with Gasteiger partial charge < -0.3 is 9.67 Å². The molecule has 1 saturated heterocycles. The molecular formula is C14H23N3O2. The van der Waals surface area contributed by atoms with Crippen molar-refractivity contribution in [2.45, 2.75) is 45.7 Å². The van der Waals surface area contributed by atoms with E-state index >= 15 is 0 Å². The van der Waals surface area contributed by atoms with E-state index in [9.17, 15) is 4.79 Å². The van der Waals surface area contributed by atoms with E-state index in [1.807, 2.05) is 12.4 Å². The van der Waals surface area contributed by atoms with E-state index in [0.717, 1.165) is 51.3 Å². The average Bonchev–Trinajstić information content (AvgIpc) is 2.85. The lowest BCUT2D eigenvalue weighted by Crippen LogP contribution is -2.34. The minimum atomic E-state index is -0.674. The number of nitrogens with zero attached hydrogens (tertiary/aromatic N) is 3. The van der Waals surface area contributed by atoms with Crippen molar-refractivity contribution in [2.75, 3.05) is 13.1 Å². The van der Waals surface area contributed by atoms with Gasteiger partial charge in [-0.3, -0.25) is 9.69 Å². The zero-order chi connectivity index (χ0) is 13.7. The second-order valence-corrected chi connectivity index (χ2v) is 5.28. The van der Waals surface area contributed by atoms with Crippen LogP contribution in [0.4, 0.5) is 0 Å². The number of carboxylic acids is 1. The van der Waals surface area contributed by atoms with Crippen molar-refractivity contribution in [3.05, 3.63) is 18.2 Å². The Morgan fingerprint density at radius 1 is 1.47 bits per heavy atom.